The van der Waals surface area contributed by atoms with E-state index >= 15 is 0 Å². The zero-order valence-corrected chi connectivity index (χ0v) is 20.3. The lowest BCUT2D eigenvalue weighted by Gasteiger charge is -2.34. The molecule has 1 aliphatic rings. The summed E-state index contributed by atoms with van der Waals surface area (Å²) in [6.07, 6.45) is 2.68. The zero-order valence-electron chi connectivity index (χ0n) is 19.5. The molecule has 1 aliphatic heterocycles. The predicted octanol–water partition coefficient (Wildman–Crippen LogP) is 2.00. The Morgan fingerprint density at radius 2 is 1.82 bits per heavy atom. The van der Waals surface area contributed by atoms with Crippen molar-refractivity contribution in [3.8, 4) is 11.5 Å². The molecule has 180 valence electrons. The highest BCUT2D eigenvalue weighted by atomic mass is 32.2. The number of esters is 1. The Morgan fingerprint density at radius 1 is 1.12 bits per heavy atom. The van der Waals surface area contributed by atoms with E-state index in [2.05, 4.69) is 14.8 Å². The number of carbonyl (C=O) groups is 1. The van der Waals surface area contributed by atoms with Crippen molar-refractivity contribution in [3.63, 3.8) is 0 Å². The SMILES string of the molecule is COC(=O)/C=C/c1cc(OC)c(OC)c(S(=O)(=O)N2CCN(Cc3c(C)noc3C)CC2)c1. The second-order valence-electron chi connectivity index (χ2n) is 7.59. The highest BCUT2D eigenvalue weighted by Crippen LogP contribution is 2.37. The molecular formula is C22H29N3O7S. The lowest BCUT2D eigenvalue weighted by Crippen LogP contribution is -2.48. The van der Waals surface area contributed by atoms with Gasteiger partial charge in [-0.1, -0.05) is 5.16 Å². The third-order valence-corrected chi connectivity index (χ3v) is 7.50. The molecular weight excluding hydrogens is 450 g/mol. The van der Waals surface area contributed by atoms with Gasteiger partial charge in [-0.2, -0.15) is 4.31 Å². The number of aryl methyl sites for hydroxylation is 2. The molecule has 0 radical (unpaired) electrons. The fourth-order valence-corrected chi connectivity index (χ4v) is 5.31. The first-order valence-electron chi connectivity index (χ1n) is 10.4. The third-order valence-electron chi connectivity index (χ3n) is 5.59. The summed E-state index contributed by atoms with van der Waals surface area (Å²) in [4.78, 5) is 13.6. The number of piperazine rings is 1. The number of nitrogens with zero attached hydrogens (tertiary/aromatic N) is 3. The fourth-order valence-electron chi connectivity index (χ4n) is 3.69. The van der Waals surface area contributed by atoms with Crippen molar-refractivity contribution >= 4 is 22.1 Å². The topological polar surface area (TPSA) is 111 Å². The molecule has 0 aliphatic carbocycles. The van der Waals surface area contributed by atoms with E-state index in [9.17, 15) is 13.2 Å². The maximum Gasteiger partial charge on any atom is 0.330 e. The monoisotopic (exact) mass is 479 g/mol. The first-order chi connectivity index (χ1) is 15.7. The maximum absolute atomic E-state index is 13.5. The summed E-state index contributed by atoms with van der Waals surface area (Å²) in [6, 6.07) is 3.06. The molecule has 0 atom stereocenters. The molecule has 0 N–H and O–H groups in total. The summed E-state index contributed by atoms with van der Waals surface area (Å²) in [5, 5.41) is 3.98. The number of hydrogen-bond acceptors (Lipinski definition) is 9. The van der Waals surface area contributed by atoms with E-state index in [0.717, 1.165) is 17.0 Å². The van der Waals surface area contributed by atoms with E-state index in [-0.39, 0.29) is 16.4 Å². The molecule has 2 heterocycles. The molecule has 3 rings (SSSR count). The molecule has 1 fully saturated rings. The molecule has 1 aromatic carbocycles. The minimum Gasteiger partial charge on any atom is -0.493 e. The molecule has 1 aromatic heterocycles. The number of carbonyl (C=O) groups excluding carboxylic acids is 1. The minimum atomic E-state index is -3.89. The van der Waals surface area contributed by atoms with Crippen LogP contribution in [0.25, 0.3) is 6.08 Å². The maximum atomic E-state index is 13.5. The summed E-state index contributed by atoms with van der Waals surface area (Å²) >= 11 is 0. The largest absolute Gasteiger partial charge is 0.493 e. The van der Waals surface area contributed by atoms with Gasteiger partial charge in [0, 0.05) is 44.4 Å². The van der Waals surface area contributed by atoms with E-state index in [1.165, 1.54) is 43.9 Å². The van der Waals surface area contributed by atoms with Crippen LogP contribution < -0.4 is 9.47 Å². The van der Waals surface area contributed by atoms with Crippen LogP contribution in [0.4, 0.5) is 0 Å². The second-order valence-corrected chi connectivity index (χ2v) is 9.50. The molecule has 33 heavy (non-hydrogen) atoms. The lowest BCUT2D eigenvalue weighted by molar-refractivity contribution is -0.134. The van der Waals surface area contributed by atoms with Gasteiger partial charge in [-0.25, -0.2) is 13.2 Å². The zero-order chi connectivity index (χ0) is 24.2. The Kier molecular flexibility index (Phi) is 7.77. The summed E-state index contributed by atoms with van der Waals surface area (Å²) in [5.41, 5.74) is 2.34. The molecule has 0 spiro atoms. The Hall–Kier alpha value is -2.89. The van der Waals surface area contributed by atoms with Crippen LogP contribution in [0, 0.1) is 13.8 Å². The minimum absolute atomic E-state index is 0.0203. The van der Waals surface area contributed by atoms with Crippen LogP contribution in [-0.4, -0.2) is 76.3 Å². The molecule has 2 aromatic rings. The molecule has 0 amide bonds. The van der Waals surface area contributed by atoms with Crippen LogP contribution in [0.15, 0.2) is 27.6 Å². The van der Waals surface area contributed by atoms with E-state index < -0.39 is 16.0 Å². The van der Waals surface area contributed by atoms with Crippen molar-refractivity contribution in [1.82, 2.24) is 14.4 Å². The van der Waals surface area contributed by atoms with Crippen molar-refractivity contribution in [2.75, 3.05) is 47.5 Å². The number of aromatic nitrogens is 1. The number of benzene rings is 1. The van der Waals surface area contributed by atoms with Gasteiger partial charge in [-0.05, 0) is 37.6 Å². The average molecular weight is 480 g/mol. The first-order valence-corrected chi connectivity index (χ1v) is 11.8. The predicted molar refractivity (Wildman–Crippen MR) is 121 cm³/mol. The standard InChI is InChI=1S/C22H29N3O7S/c1-15-18(16(2)32-23-15)14-24-8-10-25(11-9-24)33(27,28)20-13-17(6-7-21(26)30-4)12-19(29-3)22(20)31-5/h6-7,12-13H,8-11,14H2,1-5H3/b7-6+. The van der Waals surface area contributed by atoms with Crippen LogP contribution in [0.5, 0.6) is 11.5 Å². The van der Waals surface area contributed by atoms with Crippen molar-refractivity contribution in [1.29, 1.82) is 0 Å². The van der Waals surface area contributed by atoms with Crippen LogP contribution in [0.1, 0.15) is 22.6 Å². The van der Waals surface area contributed by atoms with Crippen LogP contribution in [0.2, 0.25) is 0 Å². The number of ether oxygens (including phenoxy) is 3. The summed E-state index contributed by atoms with van der Waals surface area (Å²) < 4.78 is 49.1. The van der Waals surface area contributed by atoms with Crippen molar-refractivity contribution in [3.05, 3.63) is 40.8 Å². The van der Waals surface area contributed by atoms with Crippen molar-refractivity contribution in [2.45, 2.75) is 25.3 Å². The van der Waals surface area contributed by atoms with Crippen molar-refractivity contribution in [2.24, 2.45) is 0 Å². The fraction of sp³-hybridized carbons (Fsp3) is 0.455. The molecule has 11 heteroatoms. The van der Waals surface area contributed by atoms with Gasteiger partial charge in [0.15, 0.2) is 11.5 Å². The smallest absolute Gasteiger partial charge is 0.330 e. The van der Waals surface area contributed by atoms with E-state index in [1.807, 2.05) is 13.8 Å². The van der Waals surface area contributed by atoms with Gasteiger partial charge < -0.3 is 18.7 Å². The van der Waals surface area contributed by atoms with Gasteiger partial charge in [-0.15, -0.1) is 0 Å². The molecule has 0 unspecified atom stereocenters. The van der Waals surface area contributed by atoms with Crippen LogP contribution in [-0.2, 0) is 26.1 Å². The molecule has 0 bridgehead atoms. The number of hydrogen-bond donors (Lipinski definition) is 0. The third kappa shape index (κ3) is 5.37. The van der Waals surface area contributed by atoms with Gasteiger partial charge in [0.1, 0.15) is 10.7 Å². The first kappa shape index (κ1) is 24.7. The Morgan fingerprint density at radius 3 is 2.36 bits per heavy atom. The van der Waals surface area contributed by atoms with Gasteiger partial charge in [0.25, 0.3) is 0 Å². The average Bonchev–Trinajstić information content (AvgIpc) is 3.14. The number of rotatable bonds is 8. The number of methoxy groups -OCH3 is 3. The van der Waals surface area contributed by atoms with Gasteiger partial charge in [0.2, 0.25) is 10.0 Å². The normalized spacial score (nSPS) is 15.7. The quantitative estimate of drug-likeness (QED) is 0.414. The van der Waals surface area contributed by atoms with E-state index in [1.54, 1.807) is 6.07 Å². The Balaban J connectivity index is 1.84. The molecule has 1 saturated heterocycles. The van der Waals surface area contributed by atoms with Crippen LogP contribution in [0.3, 0.4) is 0 Å². The number of sulfonamides is 1. The van der Waals surface area contributed by atoms with Gasteiger partial charge >= 0.3 is 5.97 Å². The summed E-state index contributed by atoms with van der Waals surface area (Å²) in [6.45, 7) is 6.18. The second kappa shape index (κ2) is 10.4. The van der Waals surface area contributed by atoms with E-state index in [4.69, 9.17) is 14.0 Å². The highest BCUT2D eigenvalue weighted by Gasteiger charge is 2.33. The highest BCUT2D eigenvalue weighted by molar-refractivity contribution is 7.89. The van der Waals surface area contributed by atoms with E-state index in [0.29, 0.717) is 38.3 Å². The van der Waals surface area contributed by atoms with Crippen molar-refractivity contribution < 1.29 is 31.9 Å². The molecule has 0 saturated carbocycles. The summed E-state index contributed by atoms with van der Waals surface area (Å²) in [5.74, 6) is 0.589. The Labute approximate surface area is 193 Å². The molecule has 10 nitrogen and oxygen atoms in total. The van der Waals surface area contributed by atoms with Gasteiger partial charge in [0.05, 0.1) is 27.0 Å². The summed E-state index contributed by atoms with van der Waals surface area (Å²) in [7, 11) is 0.199. The van der Waals surface area contributed by atoms with Gasteiger partial charge in [-0.3, -0.25) is 4.90 Å². The van der Waals surface area contributed by atoms with Crippen LogP contribution >= 0.6 is 0 Å². The Bertz CT molecular complexity index is 1110. The lowest BCUT2D eigenvalue weighted by atomic mass is 10.2.